The Hall–Kier alpha value is -0.640. The molecule has 1 unspecified atom stereocenters. The third kappa shape index (κ3) is 8.36. The Kier molecular flexibility index (Phi) is 5.80. The fourth-order valence-corrected chi connectivity index (χ4v) is 1.97. The summed E-state index contributed by atoms with van der Waals surface area (Å²) in [6.45, 7) is 6.82. The minimum absolute atomic E-state index is 0.160. The van der Waals surface area contributed by atoms with Gasteiger partial charge >= 0.3 is 13.6 Å². The topological polar surface area (TPSA) is 83.8 Å². The Morgan fingerprint density at radius 1 is 1.53 bits per heavy atom. The van der Waals surface area contributed by atoms with E-state index >= 15 is 0 Å². The average molecular weight is 236 g/mol. The van der Waals surface area contributed by atoms with Gasteiger partial charge in [0.15, 0.2) is 0 Å². The molecule has 6 heteroatoms. The lowest BCUT2D eigenvalue weighted by atomic mass is 10.1. The van der Waals surface area contributed by atoms with E-state index in [1.807, 2.05) is 0 Å². The summed E-state index contributed by atoms with van der Waals surface area (Å²) >= 11 is 0. The standard InChI is InChI=1S/C9H17O5P/c1-7(2)9(10)14-5-4-8(3)6-15(11,12)13/h8H,1,4-6H2,2-3H3,(H2,11,12,13). The van der Waals surface area contributed by atoms with Crippen LogP contribution in [0.15, 0.2) is 12.2 Å². The number of esters is 1. The molecule has 0 aromatic carbocycles. The first-order valence-corrected chi connectivity index (χ1v) is 6.39. The molecule has 0 aliphatic rings. The van der Waals surface area contributed by atoms with E-state index < -0.39 is 13.6 Å². The fraction of sp³-hybridized carbons (Fsp3) is 0.667. The number of hydrogen-bond donors (Lipinski definition) is 2. The van der Waals surface area contributed by atoms with Gasteiger partial charge in [-0.05, 0) is 19.3 Å². The molecule has 5 nitrogen and oxygen atoms in total. The van der Waals surface area contributed by atoms with E-state index in [2.05, 4.69) is 6.58 Å². The fourth-order valence-electron chi connectivity index (χ4n) is 0.973. The number of carbonyl (C=O) groups excluding carboxylic acids is 1. The highest BCUT2D eigenvalue weighted by Gasteiger charge is 2.18. The summed E-state index contributed by atoms with van der Waals surface area (Å²) in [7, 11) is -3.96. The van der Waals surface area contributed by atoms with Gasteiger partial charge in [-0.25, -0.2) is 4.79 Å². The lowest BCUT2D eigenvalue weighted by molar-refractivity contribution is -0.139. The Bertz CT molecular complexity index is 280. The van der Waals surface area contributed by atoms with Crippen LogP contribution in [-0.4, -0.2) is 28.5 Å². The van der Waals surface area contributed by atoms with E-state index in [1.54, 1.807) is 13.8 Å². The van der Waals surface area contributed by atoms with E-state index in [-0.39, 0.29) is 18.7 Å². The first-order valence-electron chi connectivity index (χ1n) is 4.59. The van der Waals surface area contributed by atoms with Crippen LogP contribution < -0.4 is 0 Å². The van der Waals surface area contributed by atoms with Crippen molar-refractivity contribution in [1.82, 2.24) is 0 Å². The van der Waals surface area contributed by atoms with Crippen LogP contribution in [0.5, 0.6) is 0 Å². The van der Waals surface area contributed by atoms with Crippen molar-refractivity contribution in [3.05, 3.63) is 12.2 Å². The summed E-state index contributed by atoms with van der Waals surface area (Å²) in [6.07, 6.45) is 0.252. The highest BCUT2D eigenvalue weighted by Crippen LogP contribution is 2.37. The van der Waals surface area contributed by atoms with Crippen LogP contribution in [0, 0.1) is 5.92 Å². The van der Waals surface area contributed by atoms with Crippen molar-refractivity contribution in [2.45, 2.75) is 20.3 Å². The number of carbonyl (C=O) groups is 1. The van der Waals surface area contributed by atoms with Crippen LogP contribution in [0.25, 0.3) is 0 Å². The van der Waals surface area contributed by atoms with Crippen LogP contribution in [0.1, 0.15) is 20.3 Å². The predicted octanol–water partition coefficient (Wildman–Crippen LogP) is 1.31. The maximum Gasteiger partial charge on any atom is 0.333 e. The number of ether oxygens (including phenoxy) is 1. The Morgan fingerprint density at radius 2 is 2.07 bits per heavy atom. The maximum atomic E-state index is 10.9. The van der Waals surface area contributed by atoms with Gasteiger partial charge in [0.05, 0.1) is 12.8 Å². The van der Waals surface area contributed by atoms with Gasteiger partial charge in [-0.2, -0.15) is 0 Å². The molecule has 0 heterocycles. The first-order chi connectivity index (χ1) is 6.72. The molecule has 0 spiro atoms. The Morgan fingerprint density at radius 3 is 2.47 bits per heavy atom. The number of rotatable bonds is 6. The zero-order valence-electron chi connectivity index (χ0n) is 8.97. The monoisotopic (exact) mass is 236 g/mol. The Balaban J connectivity index is 3.74. The molecule has 2 N–H and O–H groups in total. The van der Waals surface area contributed by atoms with Gasteiger partial charge < -0.3 is 14.5 Å². The molecule has 0 aliphatic heterocycles. The van der Waals surface area contributed by atoms with Crippen LogP contribution in [0.3, 0.4) is 0 Å². The quantitative estimate of drug-likeness (QED) is 0.412. The zero-order chi connectivity index (χ0) is 12.1. The second kappa shape index (κ2) is 6.05. The van der Waals surface area contributed by atoms with Gasteiger partial charge in [0.1, 0.15) is 0 Å². The van der Waals surface area contributed by atoms with Crippen molar-refractivity contribution < 1.29 is 23.9 Å². The molecule has 0 saturated carbocycles. The van der Waals surface area contributed by atoms with E-state index in [9.17, 15) is 9.36 Å². The van der Waals surface area contributed by atoms with Gasteiger partial charge in [0, 0.05) is 5.57 Å². The summed E-state index contributed by atoms with van der Waals surface area (Å²) < 4.78 is 15.4. The first kappa shape index (κ1) is 14.4. The van der Waals surface area contributed by atoms with Gasteiger partial charge in [-0.3, -0.25) is 4.57 Å². The van der Waals surface area contributed by atoms with Crippen LogP contribution in [0.2, 0.25) is 0 Å². The molecular weight excluding hydrogens is 219 g/mol. The van der Waals surface area contributed by atoms with E-state index in [0.29, 0.717) is 12.0 Å². The highest BCUT2D eigenvalue weighted by molar-refractivity contribution is 7.51. The smallest absolute Gasteiger partial charge is 0.333 e. The second-order valence-corrected chi connectivity index (χ2v) is 5.35. The van der Waals surface area contributed by atoms with Crippen LogP contribution in [0.4, 0.5) is 0 Å². The predicted molar refractivity (Wildman–Crippen MR) is 56.5 cm³/mol. The molecule has 1 atom stereocenters. The van der Waals surface area contributed by atoms with Crippen molar-refractivity contribution in [3.63, 3.8) is 0 Å². The third-order valence-electron chi connectivity index (χ3n) is 1.74. The summed E-state index contributed by atoms with van der Waals surface area (Å²) in [5, 5.41) is 0. The molecule has 0 aliphatic carbocycles. The van der Waals surface area contributed by atoms with Crippen molar-refractivity contribution in [3.8, 4) is 0 Å². The maximum absolute atomic E-state index is 10.9. The molecule has 0 aromatic rings. The van der Waals surface area contributed by atoms with Crippen molar-refractivity contribution in [1.29, 1.82) is 0 Å². The number of hydrogen-bond acceptors (Lipinski definition) is 3. The van der Waals surface area contributed by atoms with Gasteiger partial charge in [-0.15, -0.1) is 0 Å². The SMILES string of the molecule is C=C(C)C(=O)OCCC(C)CP(=O)(O)O. The molecule has 0 bridgehead atoms. The minimum atomic E-state index is -3.96. The minimum Gasteiger partial charge on any atom is -0.462 e. The zero-order valence-corrected chi connectivity index (χ0v) is 9.87. The van der Waals surface area contributed by atoms with Crippen LogP contribution >= 0.6 is 7.60 Å². The van der Waals surface area contributed by atoms with E-state index in [0.717, 1.165) is 0 Å². The van der Waals surface area contributed by atoms with Crippen molar-refractivity contribution >= 4 is 13.6 Å². The molecule has 88 valence electrons. The largest absolute Gasteiger partial charge is 0.462 e. The van der Waals surface area contributed by atoms with Crippen molar-refractivity contribution in [2.75, 3.05) is 12.8 Å². The van der Waals surface area contributed by atoms with Gasteiger partial charge in [0.25, 0.3) is 0 Å². The van der Waals surface area contributed by atoms with Gasteiger partial charge in [-0.1, -0.05) is 13.5 Å². The molecule has 0 fully saturated rings. The molecular formula is C9H17O5P. The van der Waals surface area contributed by atoms with Gasteiger partial charge in [0.2, 0.25) is 0 Å². The lowest BCUT2D eigenvalue weighted by Crippen LogP contribution is -2.11. The van der Waals surface area contributed by atoms with E-state index in [1.165, 1.54) is 0 Å². The van der Waals surface area contributed by atoms with Crippen LogP contribution in [-0.2, 0) is 14.1 Å². The summed E-state index contributed by atoms with van der Waals surface area (Å²) in [5.74, 6) is -0.651. The van der Waals surface area contributed by atoms with Crippen molar-refractivity contribution in [2.24, 2.45) is 5.92 Å². The highest BCUT2D eigenvalue weighted by atomic mass is 31.2. The summed E-state index contributed by atoms with van der Waals surface area (Å²) in [6, 6.07) is 0. The molecule has 0 amide bonds. The second-order valence-electron chi connectivity index (χ2n) is 3.66. The van der Waals surface area contributed by atoms with E-state index in [4.69, 9.17) is 14.5 Å². The third-order valence-corrected chi connectivity index (χ3v) is 2.84. The Labute approximate surface area is 89.3 Å². The lowest BCUT2D eigenvalue weighted by Gasteiger charge is -2.12. The summed E-state index contributed by atoms with van der Waals surface area (Å²) in [5.41, 5.74) is 0.317. The normalized spacial score (nSPS) is 13.3. The molecule has 0 saturated heterocycles. The molecule has 0 aromatic heterocycles. The molecule has 15 heavy (non-hydrogen) atoms. The molecule has 0 radical (unpaired) electrons. The molecule has 0 rings (SSSR count). The average Bonchev–Trinajstić information content (AvgIpc) is 2.00. The summed E-state index contributed by atoms with van der Waals surface area (Å²) in [4.78, 5) is 28.3.